The van der Waals surface area contributed by atoms with Crippen molar-refractivity contribution in [3.05, 3.63) is 0 Å². The molecule has 1 unspecified atom stereocenters. The van der Waals surface area contributed by atoms with Crippen LogP contribution in [0.2, 0.25) is 0 Å². The predicted octanol–water partition coefficient (Wildman–Crippen LogP) is 1.45. The molecule has 110 valence electrons. The standard InChI is InChI=1S/C14H26N2O3/c1-14(2,3)19-13(18)16-7-4-11(10-16)15-8-5-12(17)6-9-15/h11-12,17H,4-10H2,1-3H3. The lowest BCUT2D eigenvalue weighted by atomic mass is 10.1. The number of nitrogens with zero attached hydrogens (tertiary/aromatic N) is 2. The second-order valence-electron chi connectivity index (χ2n) is 6.64. The van der Waals surface area contributed by atoms with Gasteiger partial charge in [0.25, 0.3) is 0 Å². The minimum absolute atomic E-state index is 0.139. The average Bonchev–Trinajstić information content (AvgIpc) is 2.77. The molecule has 0 aromatic carbocycles. The van der Waals surface area contributed by atoms with E-state index in [0.29, 0.717) is 6.04 Å². The summed E-state index contributed by atoms with van der Waals surface area (Å²) in [6, 6.07) is 0.431. The van der Waals surface area contributed by atoms with Crippen molar-refractivity contribution in [3.8, 4) is 0 Å². The van der Waals surface area contributed by atoms with E-state index < -0.39 is 5.60 Å². The molecular weight excluding hydrogens is 244 g/mol. The first-order chi connectivity index (χ1) is 8.85. The molecule has 0 radical (unpaired) electrons. The van der Waals surface area contributed by atoms with Crippen molar-refractivity contribution in [3.63, 3.8) is 0 Å². The molecule has 5 heteroatoms. The summed E-state index contributed by atoms with van der Waals surface area (Å²) in [6.07, 6.45) is 2.37. The minimum Gasteiger partial charge on any atom is -0.444 e. The number of carbonyl (C=O) groups excluding carboxylic acids is 1. The van der Waals surface area contributed by atoms with Gasteiger partial charge in [-0.1, -0.05) is 0 Å². The highest BCUT2D eigenvalue weighted by molar-refractivity contribution is 5.68. The summed E-state index contributed by atoms with van der Waals surface area (Å²) in [5.74, 6) is 0. The van der Waals surface area contributed by atoms with Crippen molar-refractivity contribution in [2.45, 2.75) is 57.8 Å². The van der Waals surface area contributed by atoms with E-state index in [2.05, 4.69) is 4.90 Å². The molecule has 2 rings (SSSR count). The Labute approximate surface area is 115 Å². The Balaban J connectivity index is 1.81. The Hall–Kier alpha value is -0.810. The summed E-state index contributed by atoms with van der Waals surface area (Å²) in [5.41, 5.74) is -0.426. The van der Waals surface area contributed by atoms with Crippen molar-refractivity contribution in [1.29, 1.82) is 0 Å². The van der Waals surface area contributed by atoms with Gasteiger partial charge >= 0.3 is 6.09 Å². The molecule has 0 aliphatic carbocycles. The Bertz CT molecular complexity index is 319. The van der Waals surface area contributed by atoms with Crippen LogP contribution in [0.3, 0.4) is 0 Å². The Morgan fingerprint density at radius 2 is 1.79 bits per heavy atom. The summed E-state index contributed by atoms with van der Waals surface area (Å²) in [6.45, 7) is 9.09. The number of hydrogen-bond donors (Lipinski definition) is 1. The SMILES string of the molecule is CC(C)(C)OC(=O)N1CCC(N2CCC(O)CC2)C1. The van der Waals surface area contributed by atoms with Gasteiger partial charge < -0.3 is 14.7 Å². The maximum Gasteiger partial charge on any atom is 0.410 e. The minimum atomic E-state index is -0.426. The number of hydrogen-bond acceptors (Lipinski definition) is 4. The van der Waals surface area contributed by atoms with Gasteiger partial charge in [0.2, 0.25) is 0 Å². The number of rotatable bonds is 1. The molecule has 2 saturated heterocycles. The molecule has 2 fully saturated rings. The predicted molar refractivity (Wildman–Crippen MR) is 73.0 cm³/mol. The molecule has 1 atom stereocenters. The van der Waals surface area contributed by atoms with E-state index in [0.717, 1.165) is 45.4 Å². The molecule has 0 bridgehead atoms. The van der Waals surface area contributed by atoms with Gasteiger partial charge in [-0.05, 0) is 40.0 Å². The van der Waals surface area contributed by atoms with Crippen LogP contribution in [0.4, 0.5) is 4.79 Å². The zero-order valence-electron chi connectivity index (χ0n) is 12.3. The summed E-state index contributed by atoms with van der Waals surface area (Å²) in [4.78, 5) is 16.2. The van der Waals surface area contributed by atoms with Crippen LogP contribution in [-0.2, 0) is 4.74 Å². The van der Waals surface area contributed by atoms with Gasteiger partial charge in [-0.15, -0.1) is 0 Å². The summed E-state index contributed by atoms with van der Waals surface area (Å²) < 4.78 is 5.40. The molecule has 1 amide bonds. The average molecular weight is 270 g/mol. The third-order valence-electron chi connectivity index (χ3n) is 3.83. The summed E-state index contributed by atoms with van der Waals surface area (Å²) in [5, 5.41) is 9.53. The van der Waals surface area contributed by atoms with Gasteiger partial charge in [0.05, 0.1) is 6.10 Å². The lowest BCUT2D eigenvalue weighted by Gasteiger charge is -2.34. The van der Waals surface area contributed by atoms with Gasteiger partial charge in [0, 0.05) is 32.2 Å². The van der Waals surface area contributed by atoms with Gasteiger partial charge in [-0.2, -0.15) is 0 Å². The maximum absolute atomic E-state index is 12.0. The fourth-order valence-corrected chi connectivity index (χ4v) is 2.78. The van der Waals surface area contributed by atoms with Crippen LogP contribution < -0.4 is 0 Å². The van der Waals surface area contributed by atoms with E-state index in [-0.39, 0.29) is 12.2 Å². The first-order valence-electron chi connectivity index (χ1n) is 7.25. The number of piperidine rings is 1. The van der Waals surface area contributed by atoms with Gasteiger partial charge in [-0.3, -0.25) is 4.90 Å². The van der Waals surface area contributed by atoms with Crippen LogP contribution in [0.15, 0.2) is 0 Å². The Kier molecular flexibility index (Phi) is 4.36. The highest BCUT2D eigenvalue weighted by atomic mass is 16.6. The van der Waals surface area contributed by atoms with E-state index in [9.17, 15) is 9.90 Å². The molecule has 19 heavy (non-hydrogen) atoms. The third kappa shape index (κ3) is 4.08. The quantitative estimate of drug-likeness (QED) is 0.783. The van der Waals surface area contributed by atoms with Crippen LogP contribution in [-0.4, -0.2) is 64.9 Å². The van der Waals surface area contributed by atoms with E-state index in [1.54, 1.807) is 4.90 Å². The topological polar surface area (TPSA) is 53.0 Å². The smallest absolute Gasteiger partial charge is 0.410 e. The molecule has 1 N–H and O–H groups in total. The number of likely N-dealkylation sites (tertiary alicyclic amines) is 2. The second kappa shape index (κ2) is 5.67. The zero-order chi connectivity index (χ0) is 14.0. The Morgan fingerprint density at radius 1 is 1.16 bits per heavy atom. The monoisotopic (exact) mass is 270 g/mol. The molecule has 2 heterocycles. The van der Waals surface area contributed by atoms with Crippen molar-refractivity contribution in [1.82, 2.24) is 9.80 Å². The third-order valence-corrected chi connectivity index (χ3v) is 3.83. The molecule has 2 aliphatic heterocycles. The molecule has 0 saturated carbocycles. The number of amides is 1. The summed E-state index contributed by atoms with van der Waals surface area (Å²) >= 11 is 0. The molecule has 5 nitrogen and oxygen atoms in total. The number of aliphatic hydroxyl groups is 1. The van der Waals surface area contributed by atoms with Crippen LogP contribution in [0.25, 0.3) is 0 Å². The van der Waals surface area contributed by atoms with Crippen LogP contribution in [0.5, 0.6) is 0 Å². The van der Waals surface area contributed by atoms with Crippen molar-refractivity contribution < 1.29 is 14.6 Å². The number of aliphatic hydroxyl groups excluding tert-OH is 1. The Morgan fingerprint density at radius 3 is 2.37 bits per heavy atom. The molecule has 0 aromatic heterocycles. The van der Waals surface area contributed by atoms with E-state index in [1.165, 1.54) is 0 Å². The first kappa shape index (κ1) is 14.6. The van der Waals surface area contributed by atoms with Crippen molar-refractivity contribution >= 4 is 6.09 Å². The van der Waals surface area contributed by atoms with Crippen LogP contribution in [0, 0.1) is 0 Å². The van der Waals surface area contributed by atoms with Gasteiger partial charge in [-0.25, -0.2) is 4.79 Å². The fourth-order valence-electron chi connectivity index (χ4n) is 2.78. The molecule has 0 aromatic rings. The van der Waals surface area contributed by atoms with Gasteiger partial charge in [0.15, 0.2) is 0 Å². The van der Waals surface area contributed by atoms with E-state index in [4.69, 9.17) is 4.74 Å². The van der Waals surface area contributed by atoms with Crippen LogP contribution in [0.1, 0.15) is 40.0 Å². The molecular formula is C14H26N2O3. The molecule has 2 aliphatic rings. The number of carbonyl (C=O) groups is 1. The largest absolute Gasteiger partial charge is 0.444 e. The van der Waals surface area contributed by atoms with Crippen molar-refractivity contribution in [2.75, 3.05) is 26.2 Å². The maximum atomic E-state index is 12.0. The summed E-state index contributed by atoms with van der Waals surface area (Å²) in [7, 11) is 0. The molecule has 0 spiro atoms. The number of ether oxygens (including phenoxy) is 1. The zero-order valence-corrected chi connectivity index (χ0v) is 12.3. The lowest BCUT2D eigenvalue weighted by Crippen LogP contribution is -2.45. The fraction of sp³-hybridized carbons (Fsp3) is 0.929. The second-order valence-corrected chi connectivity index (χ2v) is 6.64. The highest BCUT2D eigenvalue weighted by Gasteiger charge is 2.33. The first-order valence-corrected chi connectivity index (χ1v) is 7.25. The van der Waals surface area contributed by atoms with E-state index in [1.807, 2.05) is 20.8 Å². The van der Waals surface area contributed by atoms with Gasteiger partial charge in [0.1, 0.15) is 5.60 Å². The van der Waals surface area contributed by atoms with E-state index >= 15 is 0 Å². The lowest BCUT2D eigenvalue weighted by molar-refractivity contribution is 0.0257. The van der Waals surface area contributed by atoms with Crippen LogP contribution >= 0.6 is 0 Å². The normalized spacial score (nSPS) is 26.7. The van der Waals surface area contributed by atoms with Crippen molar-refractivity contribution in [2.24, 2.45) is 0 Å². The highest BCUT2D eigenvalue weighted by Crippen LogP contribution is 2.22.